The van der Waals surface area contributed by atoms with Crippen LogP contribution in [0.2, 0.25) is 0 Å². The number of hydrazone groups is 2. The number of hydrogen-bond acceptors (Lipinski definition) is 17. The summed E-state index contributed by atoms with van der Waals surface area (Å²) in [5, 5.41) is 15.8. The molecule has 25 heteroatoms. The second-order valence-corrected chi connectivity index (χ2v) is 18.8. The van der Waals surface area contributed by atoms with Crippen molar-refractivity contribution in [2.75, 3.05) is 16.6 Å². The summed E-state index contributed by atoms with van der Waals surface area (Å²) in [4.78, 5) is 22.8. The number of nitrogens with one attached hydrogen (secondary N) is 2. The second kappa shape index (κ2) is 16.3. The zero-order chi connectivity index (χ0) is 45.6. The van der Waals surface area contributed by atoms with Crippen molar-refractivity contribution in [3.05, 3.63) is 130 Å². The molecule has 0 radical (unpaired) electrons. The van der Waals surface area contributed by atoms with Crippen molar-refractivity contribution in [1.29, 1.82) is 0 Å². The number of carbonyl (C=O) groups excluding carboxylic acids is 2. The van der Waals surface area contributed by atoms with E-state index >= 15 is 0 Å². The van der Waals surface area contributed by atoms with Gasteiger partial charge in [-0.05, 0) is 89.0 Å². The van der Waals surface area contributed by atoms with Gasteiger partial charge in [-0.25, -0.2) is 0 Å². The summed E-state index contributed by atoms with van der Waals surface area (Å²) in [6.07, 6.45) is 2.86. The van der Waals surface area contributed by atoms with Gasteiger partial charge in [0, 0.05) is 5.56 Å². The normalized spacial score (nSPS) is 15.7. The van der Waals surface area contributed by atoms with Gasteiger partial charge in [0.2, 0.25) is 11.6 Å². The summed E-state index contributed by atoms with van der Waals surface area (Å²) in [5.74, 6) is -1.92. The molecule has 0 atom stereocenters. The Labute approximate surface area is 357 Å². The van der Waals surface area contributed by atoms with Gasteiger partial charge in [-0.15, -0.1) is 5.11 Å². The molecule has 63 heavy (non-hydrogen) atoms. The molecular formula is C38H27N7O14S4. The monoisotopic (exact) mass is 933 g/mol. The summed E-state index contributed by atoms with van der Waals surface area (Å²) in [6.45, 7) is 0. The number of azo groups is 1. The number of anilines is 3. The van der Waals surface area contributed by atoms with Crippen molar-refractivity contribution in [3.8, 4) is 11.1 Å². The quantitative estimate of drug-likeness (QED) is 0.0377. The number of rotatable bonds is 11. The van der Waals surface area contributed by atoms with Crippen molar-refractivity contribution in [3.63, 3.8) is 0 Å². The van der Waals surface area contributed by atoms with Gasteiger partial charge >= 0.3 is 0 Å². The van der Waals surface area contributed by atoms with Crippen molar-refractivity contribution in [2.24, 2.45) is 20.4 Å². The van der Waals surface area contributed by atoms with E-state index in [-0.39, 0.29) is 16.8 Å². The molecule has 8 N–H and O–H groups in total. The lowest BCUT2D eigenvalue weighted by atomic mass is 9.92. The number of nitrogens with two attached hydrogens (primary N) is 1. The number of nitrogens with zero attached hydrogens (tertiary/aromatic N) is 4. The molecule has 0 aromatic heterocycles. The molecule has 5 aromatic carbocycles. The maximum atomic E-state index is 13.7. The van der Waals surface area contributed by atoms with Gasteiger partial charge in [0.25, 0.3) is 40.5 Å². The first-order chi connectivity index (χ1) is 29.5. The van der Waals surface area contributed by atoms with Gasteiger partial charge in [-0.2, -0.15) is 49.0 Å². The molecule has 0 unspecified atom stereocenters. The number of nitrogen functional groups attached to an aromatic ring is 1. The highest BCUT2D eigenvalue weighted by Crippen LogP contribution is 2.41. The maximum absolute atomic E-state index is 13.7. The van der Waals surface area contributed by atoms with E-state index in [1.54, 1.807) is 66.7 Å². The number of benzene rings is 5. The number of fused-ring (bicyclic) bond motifs is 2. The number of Topliss-reactive ketones (excluding diaryl/α,β-unsaturated/α-hetero) is 1. The Morgan fingerprint density at radius 2 is 1.11 bits per heavy atom. The zero-order valence-electron chi connectivity index (χ0n) is 31.3. The van der Waals surface area contributed by atoms with E-state index in [0.717, 1.165) is 30.4 Å². The summed E-state index contributed by atoms with van der Waals surface area (Å²) < 4.78 is 137. The SMILES string of the molecule is Nc1c(N=Nc2ccc(-c3ccc(N/N=C4\C(=O)C=Cc5cc(S(=O)(=O)O)cc(S(=O)(=O)O)c54)cc3)cc2)c(S(=O)(=O)O)cc2c1C(=O)/C(=N\Nc1ccccc1)C(S(=O)(=O)O)=C2. The number of para-hydroxylation sites is 1. The van der Waals surface area contributed by atoms with Gasteiger partial charge in [0.1, 0.15) is 26.1 Å². The number of hydrogen-bond donors (Lipinski definition) is 7. The largest absolute Gasteiger partial charge is 0.396 e. The summed E-state index contributed by atoms with van der Waals surface area (Å²) in [6, 6.07) is 22.7. The third kappa shape index (κ3) is 9.25. The molecule has 0 saturated carbocycles. The molecule has 0 fully saturated rings. The Hall–Kier alpha value is -7.10. The van der Waals surface area contributed by atoms with Crippen LogP contribution in [0.3, 0.4) is 0 Å². The highest BCUT2D eigenvalue weighted by Gasteiger charge is 2.37. The van der Waals surface area contributed by atoms with Gasteiger partial charge in [0.05, 0.1) is 33.2 Å². The lowest BCUT2D eigenvalue weighted by Crippen LogP contribution is -2.28. The van der Waals surface area contributed by atoms with E-state index in [4.69, 9.17) is 5.73 Å². The lowest BCUT2D eigenvalue weighted by Gasteiger charge is -2.20. The highest BCUT2D eigenvalue weighted by molar-refractivity contribution is 7.91. The fourth-order valence-electron chi connectivity index (χ4n) is 6.24. The molecule has 7 rings (SSSR count). The van der Waals surface area contributed by atoms with Crippen LogP contribution in [0.15, 0.2) is 143 Å². The van der Waals surface area contributed by atoms with Crippen LogP contribution in [0, 0.1) is 0 Å². The molecule has 2 aliphatic carbocycles. The molecule has 322 valence electrons. The van der Waals surface area contributed by atoms with Gasteiger partial charge in [-0.3, -0.25) is 38.7 Å². The topological polar surface area (TPSA) is 351 Å². The molecule has 0 saturated heterocycles. The van der Waals surface area contributed by atoms with Crippen LogP contribution in [0.4, 0.5) is 28.4 Å². The van der Waals surface area contributed by atoms with Crippen LogP contribution in [0.1, 0.15) is 27.0 Å². The van der Waals surface area contributed by atoms with Crippen LogP contribution in [0.25, 0.3) is 23.3 Å². The molecular weight excluding hydrogens is 907 g/mol. The molecule has 5 aromatic rings. The Morgan fingerprint density at radius 1 is 0.540 bits per heavy atom. The average molecular weight is 934 g/mol. The van der Waals surface area contributed by atoms with Crippen molar-refractivity contribution < 1.29 is 61.5 Å². The van der Waals surface area contributed by atoms with Crippen LogP contribution >= 0.6 is 0 Å². The first-order valence-electron chi connectivity index (χ1n) is 17.4. The van der Waals surface area contributed by atoms with E-state index in [1.165, 1.54) is 12.1 Å². The first kappa shape index (κ1) is 44.0. The zero-order valence-corrected chi connectivity index (χ0v) is 34.6. The number of ketones is 2. The van der Waals surface area contributed by atoms with Gasteiger partial charge in [-0.1, -0.05) is 48.5 Å². The van der Waals surface area contributed by atoms with Gasteiger partial charge in [0.15, 0.2) is 5.71 Å². The standard InChI is InChI=1S/C38H27N7O14S4/c39-34-33-23(18-31(63(57,58)59)37(38(33)47)45-40-24-4-2-1-3-5-24)17-30(62(54,55)56)36(34)44-42-26-13-8-21(9-14-26)20-6-11-25(12-7-20)41-43-35-28(46)15-10-22-16-27(60(48,49)50)19-29(32(22)35)61(51,52)53/h1-19,40-41H,39H2,(H,48,49,50)(H,51,52,53)(H,54,55,56)(H,57,58,59)/b43-35+,44-42?,45-37-. The predicted octanol–water partition coefficient (Wildman–Crippen LogP) is 5.40. The Morgan fingerprint density at radius 3 is 1.68 bits per heavy atom. The minimum absolute atomic E-state index is 0.137. The molecule has 0 aliphatic heterocycles. The first-order valence-corrected chi connectivity index (χ1v) is 23.2. The average Bonchev–Trinajstić information content (AvgIpc) is 3.21. The lowest BCUT2D eigenvalue weighted by molar-refractivity contribution is -0.108. The van der Waals surface area contributed by atoms with Crippen LogP contribution < -0.4 is 16.6 Å². The smallest absolute Gasteiger partial charge is 0.296 e. The number of allylic oxidation sites excluding steroid dienone is 2. The Kier molecular flexibility index (Phi) is 11.4. The highest BCUT2D eigenvalue weighted by atomic mass is 32.2. The van der Waals surface area contributed by atoms with Crippen LogP contribution in [0.5, 0.6) is 0 Å². The second-order valence-electron chi connectivity index (χ2n) is 13.3. The third-order valence-corrected chi connectivity index (χ3v) is 12.6. The van der Waals surface area contributed by atoms with E-state index in [9.17, 15) is 61.5 Å². The molecule has 0 amide bonds. The predicted molar refractivity (Wildman–Crippen MR) is 228 cm³/mol. The van der Waals surface area contributed by atoms with Crippen molar-refractivity contribution in [2.45, 2.75) is 14.7 Å². The summed E-state index contributed by atoms with van der Waals surface area (Å²) in [7, 11) is -20.3. The fourth-order valence-corrected chi connectivity index (χ4v) is 8.94. The maximum Gasteiger partial charge on any atom is 0.296 e. The van der Waals surface area contributed by atoms with E-state index in [2.05, 4.69) is 31.3 Å². The van der Waals surface area contributed by atoms with E-state index in [1.807, 2.05) is 0 Å². The molecule has 0 spiro atoms. The van der Waals surface area contributed by atoms with Gasteiger partial charge < -0.3 is 5.73 Å². The van der Waals surface area contributed by atoms with Crippen LogP contribution in [-0.2, 0) is 45.3 Å². The Bertz CT molecular complexity index is 3410. The minimum Gasteiger partial charge on any atom is -0.396 e. The minimum atomic E-state index is -5.14. The Balaban J connectivity index is 1.15. The summed E-state index contributed by atoms with van der Waals surface area (Å²) in [5.41, 5.74) is 9.51. The van der Waals surface area contributed by atoms with Crippen molar-refractivity contribution in [1.82, 2.24) is 0 Å². The summed E-state index contributed by atoms with van der Waals surface area (Å²) >= 11 is 0. The molecule has 21 nitrogen and oxygen atoms in total. The van der Waals surface area contributed by atoms with E-state index < -0.39 is 106 Å². The van der Waals surface area contributed by atoms with Crippen LogP contribution in [-0.4, -0.2) is 74.9 Å². The van der Waals surface area contributed by atoms with Crippen molar-refractivity contribution >= 4 is 104 Å². The molecule has 0 bridgehead atoms. The number of carbonyl (C=O) groups is 2. The van der Waals surface area contributed by atoms with E-state index in [0.29, 0.717) is 28.6 Å². The fraction of sp³-hybridized carbons (Fsp3) is 0. The molecule has 0 heterocycles. The molecule has 2 aliphatic rings. The third-order valence-electron chi connectivity index (χ3n) is 9.14.